The van der Waals surface area contributed by atoms with Gasteiger partial charge in [-0.2, -0.15) is 0 Å². The Bertz CT molecular complexity index is 1300. The van der Waals surface area contributed by atoms with Gasteiger partial charge in [0, 0.05) is 4.88 Å². The molecule has 2 heterocycles. The van der Waals surface area contributed by atoms with Gasteiger partial charge in [0.15, 0.2) is 6.61 Å². The van der Waals surface area contributed by atoms with Crippen molar-refractivity contribution in [1.82, 2.24) is 0 Å². The van der Waals surface area contributed by atoms with E-state index in [0.717, 1.165) is 36.1 Å². The van der Waals surface area contributed by atoms with Gasteiger partial charge in [-0.3, -0.25) is 9.59 Å². The van der Waals surface area contributed by atoms with E-state index in [9.17, 15) is 19.2 Å². The zero-order valence-electron chi connectivity index (χ0n) is 19.4. The Kier molecular flexibility index (Phi) is 8.40. The average Bonchev–Trinajstić information content (AvgIpc) is 3.52. The second-order valence-electron chi connectivity index (χ2n) is 7.89. The van der Waals surface area contributed by atoms with Gasteiger partial charge in [-0.1, -0.05) is 17.7 Å². The quantitative estimate of drug-likeness (QED) is 0.357. The first-order valence-electron chi connectivity index (χ1n) is 11.3. The van der Waals surface area contributed by atoms with Gasteiger partial charge in [0.2, 0.25) is 0 Å². The molecular formula is C25H23ClN2O6S2. The number of halogens is 1. The number of esters is 2. The number of amides is 2. The Morgan fingerprint density at radius 3 is 2.58 bits per heavy atom. The fraction of sp³-hybridized carbons (Fsp3) is 0.280. The molecule has 36 heavy (non-hydrogen) atoms. The first-order valence-corrected chi connectivity index (χ1v) is 13.4. The van der Waals surface area contributed by atoms with Gasteiger partial charge < -0.3 is 20.1 Å². The van der Waals surface area contributed by atoms with Crippen LogP contribution in [0.4, 0.5) is 10.7 Å². The number of thiophene rings is 2. The zero-order chi connectivity index (χ0) is 25.7. The van der Waals surface area contributed by atoms with E-state index >= 15 is 0 Å². The van der Waals surface area contributed by atoms with E-state index < -0.39 is 24.5 Å². The fourth-order valence-corrected chi connectivity index (χ4v) is 5.87. The van der Waals surface area contributed by atoms with Gasteiger partial charge in [0.25, 0.3) is 11.8 Å². The van der Waals surface area contributed by atoms with Crippen LogP contribution in [-0.4, -0.2) is 37.0 Å². The van der Waals surface area contributed by atoms with Gasteiger partial charge in [-0.05, 0) is 67.8 Å². The SMILES string of the molecule is CCOC(=O)c1c(NC(=O)COC(=O)c2ccc(Cl)c(NC(=O)c3cccs3)c2)sc2c1CCCC2. The van der Waals surface area contributed by atoms with Crippen LogP contribution < -0.4 is 10.6 Å². The molecule has 0 spiro atoms. The van der Waals surface area contributed by atoms with Crippen molar-refractivity contribution in [3.05, 3.63) is 67.2 Å². The topological polar surface area (TPSA) is 111 Å². The Hall–Kier alpha value is -3.21. The summed E-state index contributed by atoms with van der Waals surface area (Å²) in [4.78, 5) is 51.6. The number of carbonyl (C=O) groups is 4. The van der Waals surface area contributed by atoms with E-state index in [1.165, 1.54) is 40.9 Å². The second-order valence-corrected chi connectivity index (χ2v) is 10.3. The van der Waals surface area contributed by atoms with E-state index in [0.29, 0.717) is 15.4 Å². The second kappa shape index (κ2) is 11.7. The molecule has 1 aliphatic carbocycles. The van der Waals surface area contributed by atoms with Crippen molar-refractivity contribution >= 4 is 68.7 Å². The van der Waals surface area contributed by atoms with E-state index in [1.807, 2.05) is 0 Å². The third kappa shape index (κ3) is 5.95. The van der Waals surface area contributed by atoms with Gasteiger partial charge in [-0.25, -0.2) is 9.59 Å². The molecule has 0 radical (unpaired) electrons. The van der Waals surface area contributed by atoms with Gasteiger partial charge in [0.05, 0.1) is 33.3 Å². The molecule has 0 bridgehead atoms. The lowest BCUT2D eigenvalue weighted by Gasteiger charge is -2.12. The monoisotopic (exact) mass is 546 g/mol. The van der Waals surface area contributed by atoms with Crippen LogP contribution in [0, 0.1) is 0 Å². The molecule has 0 saturated heterocycles. The summed E-state index contributed by atoms with van der Waals surface area (Å²) in [7, 11) is 0. The van der Waals surface area contributed by atoms with Gasteiger partial charge in [-0.15, -0.1) is 22.7 Å². The number of fused-ring (bicyclic) bond motifs is 1. The van der Waals surface area contributed by atoms with E-state index in [2.05, 4.69) is 10.6 Å². The zero-order valence-corrected chi connectivity index (χ0v) is 21.7. The third-order valence-electron chi connectivity index (χ3n) is 5.43. The van der Waals surface area contributed by atoms with Crippen molar-refractivity contribution in [2.45, 2.75) is 32.6 Å². The van der Waals surface area contributed by atoms with E-state index in [4.69, 9.17) is 21.1 Å². The van der Waals surface area contributed by atoms with Crippen molar-refractivity contribution < 1.29 is 28.7 Å². The molecule has 11 heteroatoms. The van der Waals surface area contributed by atoms with Crippen molar-refractivity contribution in [3.63, 3.8) is 0 Å². The van der Waals surface area contributed by atoms with Crippen LogP contribution in [-0.2, 0) is 27.1 Å². The summed E-state index contributed by atoms with van der Waals surface area (Å²) in [5, 5.41) is 7.80. The minimum atomic E-state index is -0.760. The summed E-state index contributed by atoms with van der Waals surface area (Å²) < 4.78 is 10.4. The highest BCUT2D eigenvalue weighted by Gasteiger charge is 2.27. The van der Waals surface area contributed by atoms with Gasteiger partial charge >= 0.3 is 11.9 Å². The number of carbonyl (C=O) groups excluding carboxylic acids is 4. The van der Waals surface area contributed by atoms with Gasteiger partial charge in [0.1, 0.15) is 5.00 Å². The van der Waals surface area contributed by atoms with Crippen molar-refractivity contribution in [3.8, 4) is 0 Å². The Morgan fingerprint density at radius 1 is 1.03 bits per heavy atom. The highest BCUT2D eigenvalue weighted by molar-refractivity contribution is 7.17. The van der Waals surface area contributed by atoms with Crippen molar-refractivity contribution in [2.75, 3.05) is 23.8 Å². The number of anilines is 2. The van der Waals surface area contributed by atoms with Crippen LogP contribution in [0.5, 0.6) is 0 Å². The lowest BCUT2D eigenvalue weighted by Crippen LogP contribution is -2.22. The third-order valence-corrected chi connectivity index (χ3v) is 7.84. The molecule has 188 valence electrons. The average molecular weight is 547 g/mol. The maximum absolute atomic E-state index is 12.6. The molecule has 1 aromatic carbocycles. The minimum Gasteiger partial charge on any atom is -0.462 e. The molecular weight excluding hydrogens is 524 g/mol. The van der Waals surface area contributed by atoms with E-state index in [-0.39, 0.29) is 28.8 Å². The molecule has 0 saturated carbocycles. The standard InChI is InChI=1S/C25H23ClN2O6S2/c1-2-33-25(32)21-15-6-3-4-7-18(15)36-23(21)28-20(29)13-34-24(31)14-9-10-16(26)17(12-14)27-22(30)19-8-5-11-35-19/h5,8-12H,2-4,6-7,13H2,1H3,(H,27,30)(H,28,29). The molecule has 0 fully saturated rings. The highest BCUT2D eigenvalue weighted by Crippen LogP contribution is 2.38. The number of ether oxygens (including phenoxy) is 2. The maximum Gasteiger partial charge on any atom is 0.341 e. The summed E-state index contributed by atoms with van der Waals surface area (Å²) in [6.45, 7) is 1.40. The molecule has 2 N–H and O–H groups in total. The number of aryl methyl sites for hydroxylation is 1. The van der Waals surface area contributed by atoms with Crippen LogP contribution in [0.25, 0.3) is 0 Å². The summed E-state index contributed by atoms with van der Waals surface area (Å²) in [6, 6.07) is 7.71. The van der Waals surface area contributed by atoms with Crippen LogP contribution >= 0.6 is 34.3 Å². The summed E-state index contributed by atoms with van der Waals surface area (Å²) >= 11 is 8.79. The van der Waals surface area contributed by atoms with Crippen molar-refractivity contribution in [1.29, 1.82) is 0 Å². The lowest BCUT2D eigenvalue weighted by atomic mass is 9.95. The first kappa shape index (κ1) is 25.9. The number of hydrogen-bond donors (Lipinski definition) is 2. The largest absolute Gasteiger partial charge is 0.462 e. The lowest BCUT2D eigenvalue weighted by molar-refractivity contribution is -0.119. The molecule has 0 unspecified atom stereocenters. The summed E-state index contributed by atoms with van der Waals surface area (Å²) in [5.74, 6) is -2.16. The smallest absolute Gasteiger partial charge is 0.341 e. The molecule has 3 aromatic rings. The molecule has 0 aliphatic heterocycles. The molecule has 2 aromatic heterocycles. The number of hydrogen-bond acceptors (Lipinski definition) is 8. The first-order chi connectivity index (χ1) is 17.4. The number of benzene rings is 1. The van der Waals surface area contributed by atoms with Crippen LogP contribution in [0.3, 0.4) is 0 Å². The predicted octanol–water partition coefficient (Wildman–Crippen LogP) is 5.57. The minimum absolute atomic E-state index is 0.118. The number of nitrogens with one attached hydrogen (secondary N) is 2. The molecule has 8 nitrogen and oxygen atoms in total. The Balaban J connectivity index is 1.40. The Morgan fingerprint density at radius 2 is 1.83 bits per heavy atom. The Labute approximate surface area is 220 Å². The normalized spacial score (nSPS) is 12.4. The predicted molar refractivity (Wildman–Crippen MR) is 140 cm³/mol. The molecule has 2 amide bonds. The summed E-state index contributed by atoms with van der Waals surface area (Å²) in [6.07, 6.45) is 3.60. The van der Waals surface area contributed by atoms with Crippen LogP contribution in [0.15, 0.2) is 35.7 Å². The maximum atomic E-state index is 12.6. The van der Waals surface area contributed by atoms with Crippen LogP contribution in [0.1, 0.15) is 60.6 Å². The van der Waals surface area contributed by atoms with Crippen molar-refractivity contribution in [2.24, 2.45) is 0 Å². The summed E-state index contributed by atoms with van der Waals surface area (Å²) in [5.41, 5.74) is 1.68. The molecule has 1 aliphatic rings. The fourth-order valence-electron chi connectivity index (χ4n) is 3.79. The molecule has 4 rings (SSSR count). The highest BCUT2D eigenvalue weighted by atomic mass is 35.5. The van der Waals surface area contributed by atoms with E-state index in [1.54, 1.807) is 24.4 Å². The molecule has 0 atom stereocenters. The number of rotatable bonds is 8. The van der Waals surface area contributed by atoms with Crippen LogP contribution in [0.2, 0.25) is 5.02 Å².